The molecule has 0 saturated heterocycles. The van der Waals surface area contributed by atoms with Crippen molar-refractivity contribution in [3.8, 4) is 0 Å². The molecule has 0 heterocycles. The van der Waals surface area contributed by atoms with Crippen LogP contribution in [-0.4, -0.2) is 0 Å². The highest BCUT2D eigenvalue weighted by Crippen LogP contribution is 2.20. The molecule has 0 aromatic rings. The SMILES string of the molecule is C=C/C=C(\C=C)C(C)/C(C)=C/CC. The van der Waals surface area contributed by atoms with E-state index in [1.807, 2.05) is 18.2 Å². The molecule has 1 unspecified atom stereocenters. The molecule has 0 aliphatic carbocycles. The maximum atomic E-state index is 3.80. The van der Waals surface area contributed by atoms with Crippen LogP contribution in [0, 0.1) is 5.92 Å². The van der Waals surface area contributed by atoms with Gasteiger partial charge in [-0.1, -0.05) is 56.9 Å². The Kier molecular flexibility index (Phi) is 5.96. The molecular weight excluding hydrogens is 156 g/mol. The second-order valence-corrected chi connectivity index (χ2v) is 3.18. The molecule has 0 amide bonds. The summed E-state index contributed by atoms with van der Waals surface area (Å²) < 4.78 is 0. The fraction of sp³-hybridized carbons (Fsp3) is 0.385. The van der Waals surface area contributed by atoms with Crippen molar-refractivity contribution < 1.29 is 0 Å². The van der Waals surface area contributed by atoms with Gasteiger partial charge in [0.1, 0.15) is 0 Å². The Bertz CT molecular complexity index is 228. The van der Waals surface area contributed by atoms with Gasteiger partial charge in [-0.05, 0) is 18.9 Å². The van der Waals surface area contributed by atoms with Gasteiger partial charge in [-0.15, -0.1) is 0 Å². The van der Waals surface area contributed by atoms with Crippen LogP contribution < -0.4 is 0 Å². The fourth-order valence-corrected chi connectivity index (χ4v) is 1.29. The summed E-state index contributed by atoms with van der Waals surface area (Å²) in [5.74, 6) is 0.454. The highest BCUT2D eigenvalue weighted by Gasteiger charge is 2.05. The monoisotopic (exact) mass is 176 g/mol. The molecule has 0 N–H and O–H groups in total. The second kappa shape index (κ2) is 6.47. The van der Waals surface area contributed by atoms with Gasteiger partial charge in [0.05, 0.1) is 0 Å². The average Bonchev–Trinajstić information content (AvgIpc) is 2.13. The third-order valence-corrected chi connectivity index (χ3v) is 2.26. The van der Waals surface area contributed by atoms with E-state index in [4.69, 9.17) is 0 Å². The van der Waals surface area contributed by atoms with Crippen LogP contribution in [0.15, 0.2) is 48.6 Å². The Morgan fingerprint density at radius 3 is 2.38 bits per heavy atom. The van der Waals surface area contributed by atoms with E-state index in [1.54, 1.807) is 0 Å². The predicted molar refractivity (Wildman–Crippen MR) is 61.7 cm³/mol. The summed E-state index contributed by atoms with van der Waals surface area (Å²) in [6.45, 7) is 14.0. The maximum Gasteiger partial charge on any atom is 0.00168 e. The van der Waals surface area contributed by atoms with Gasteiger partial charge in [-0.2, -0.15) is 0 Å². The van der Waals surface area contributed by atoms with Crippen molar-refractivity contribution in [2.75, 3.05) is 0 Å². The van der Waals surface area contributed by atoms with Gasteiger partial charge in [-0.3, -0.25) is 0 Å². The quantitative estimate of drug-likeness (QED) is 0.433. The van der Waals surface area contributed by atoms with Crippen molar-refractivity contribution in [3.05, 3.63) is 48.6 Å². The van der Waals surface area contributed by atoms with Gasteiger partial charge < -0.3 is 0 Å². The molecule has 0 aliphatic heterocycles. The number of allylic oxidation sites excluding steroid dienone is 6. The summed E-state index contributed by atoms with van der Waals surface area (Å²) in [6.07, 6.45) is 9.08. The van der Waals surface area contributed by atoms with Crippen LogP contribution in [0.25, 0.3) is 0 Å². The average molecular weight is 176 g/mol. The van der Waals surface area contributed by atoms with Crippen molar-refractivity contribution in [1.29, 1.82) is 0 Å². The van der Waals surface area contributed by atoms with E-state index in [9.17, 15) is 0 Å². The Morgan fingerprint density at radius 1 is 1.38 bits per heavy atom. The van der Waals surface area contributed by atoms with Crippen molar-refractivity contribution in [2.24, 2.45) is 5.92 Å². The van der Waals surface area contributed by atoms with Gasteiger partial charge in [0, 0.05) is 5.92 Å². The standard InChI is InChI=1S/C13H20/c1-6-9-11(4)12(5)13(8-3)10-7-2/h7-10,12H,2-3,6H2,1,4-5H3/b11-9+,13-10+. The molecule has 0 aromatic carbocycles. The third-order valence-electron chi connectivity index (χ3n) is 2.26. The van der Waals surface area contributed by atoms with Crippen LogP contribution in [0.3, 0.4) is 0 Å². The highest BCUT2D eigenvalue weighted by atomic mass is 14.1. The van der Waals surface area contributed by atoms with E-state index < -0.39 is 0 Å². The van der Waals surface area contributed by atoms with Crippen molar-refractivity contribution in [3.63, 3.8) is 0 Å². The Balaban J connectivity index is 4.64. The molecule has 0 radical (unpaired) electrons. The molecule has 0 heteroatoms. The molecule has 0 aliphatic rings. The van der Waals surface area contributed by atoms with E-state index in [1.165, 1.54) is 11.1 Å². The minimum absolute atomic E-state index is 0.454. The zero-order valence-corrected chi connectivity index (χ0v) is 9.01. The molecule has 0 rings (SSSR count). The van der Waals surface area contributed by atoms with Crippen LogP contribution in [0.1, 0.15) is 27.2 Å². The first-order valence-electron chi connectivity index (χ1n) is 4.79. The van der Waals surface area contributed by atoms with Crippen molar-refractivity contribution in [2.45, 2.75) is 27.2 Å². The minimum Gasteiger partial charge on any atom is -0.0991 e. The minimum atomic E-state index is 0.454. The van der Waals surface area contributed by atoms with Crippen LogP contribution in [-0.2, 0) is 0 Å². The van der Waals surface area contributed by atoms with Crippen LogP contribution in [0.2, 0.25) is 0 Å². The molecule has 13 heavy (non-hydrogen) atoms. The lowest BCUT2D eigenvalue weighted by molar-refractivity contribution is 0.815. The molecular formula is C13H20. The molecule has 0 bridgehead atoms. The second-order valence-electron chi connectivity index (χ2n) is 3.18. The Hall–Kier alpha value is -1.04. The summed E-state index contributed by atoms with van der Waals surface area (Å²) in [7, 11) is 0. The molecule has 1 atom stereocenters. The smallest absolute Gasteiger partial charge is 0.00168 e. The Labute approximate surface area is 82.4 Å². The van der Waals surface area contributed by atoms with E-state index in [-0.39, 0.29) is 0 Å². The third kappa shape index (κ3) is 3.93. The lowest BCUT2D eigenvalue weighted by Crippen LogP contribution is -1.98. The molecule has 72 valence electrons. The molecule has 0 fully saturated rings. The van der Waals surface area contributed by atoms with Gasteiger partial charge in [0.25, 0.3) is 0 Å². The molecule has 0 nitrogen and oxygen atoms in total. The van der Waals surface area contributed by atoms with Gasteiger partial charge >= 0.3 is 0 Å². The zero-order valence-electron chi connectivity index (χ0n) is 9.01. The number of hydrogen-bond acceptors (Lipinski definition) is 0. The molecule has 0 saturated carbocycles. The van der Waals surface area contributed by atoms with Gasteiger partial charge in [-0.25, -0.2) is 0 Å². The first-order valence-corrected chi connectivity index (χ1v) is 4.79. The maximum absolute atomic E-state index is 3.80. The van der Waals surface area contributed by atoms with E-state index in [0.29, 0.717) is 5.92 Å². The van der Waals surface area contributed by atoms with Gasteiger partial charge in [0.15, 0.2) is 0 Å². The van der Waals surface area contributed by atoms with Crippen LogP contribution in [0.5, 0.6) is 0 Å². The lowest BCUT2D eigenvalue weighted by atomic mass is 9.93. The van der Waals surface area contributed by atoms with Gasteiger partial charge in [0.2, 0.25) is 0 Å². The first kappa shape index (κ1) is 12.0. The lowest BCUT2D eigenvalue weighted by Gasteiger charge is -2.13. The Morgan fingerprint density at radius 2 is 2.00 bits per heavy atom. The summed E-state index contributed by atoms with van der Waals surface area (Å²) >= 11 is 0. The largest absolute Gasteiger partial charge is 0.0991 e. The molecule has 0 spiro atoms. The predicted octanol–water partition coefficient (Wildman–Crippen LogP) is 4.28. The van der Waals surface area contributed by atoms with Crippen LogP contribution in [0.4, 0.5) is 0 Å². The fourth-order valence-electron chi connectivity index (χ4n) is 1.29. The zero-order chi connectivity index (χ0) is 10.3. The van der Waals surface area contributed by atoms with E-state index >= 15 is 0 Å². The summed E-state index contributed by atoms with van der Waals surface area (Å²) in [4.78, 5) is 0. The summed E-state index contributed by atoms with van der Waals surface area (Å²) in [5.41, 5.74) is 2.63. The topological polar surface area (TPSA) is 0 Å². The van der Waals surface area contributed by atoms with Crippen molar-refractivity contribution in [1.82, 2.24) is 0 Å². The summed E-state index contributed by atoms with van der Waals surface area (Å²) in [5, 5.41) is 0. The number of hydrogen-bond donors (Lipinski definition) is 0. The number of rotatable bonds is 5. The highest BCUT2D eigenvalue weighted by molar-refractivity contribution is 5.29. The first-order chi connectivity index (χ1) is 6.17. The normalized spacial score (nSPS) is 15.3. The van der Waals surface area contributed by atoms with Crippen molar-refractivity contribution >= 4 is 0 Å². The van der Waals surface area contributed by atoms with Crippen LogP contribution >= 0.6 is 0 Å². The molecule has 0 aromatic heterocycles. The van der Waals surface area contributed by atoms with E-state index in [2.05, 4.69) is 40.0 Å². The van der Waals surface area contributed by atoms with E-state index in [0.717, 1.165) is 6.42 Å². The summed E-state index contributed by atoms with van der Waals surface area (Å²) in [6, 6.07) is 0.